The van der Waals surface area contributed by atoms with E-state index in [0.717, 1.165) is 101 Å². The van der Waals surface area contributed by atoms with Crippen LogP contribution in [0.25, 0.3) is 0 Å². The molecule has 12 aliphatic carbocycles. The van der Waals surface area contributed by atoms with Gasteiger partial charge < -0.3 is 24.4 Å². The first-order valence-electron chi connectivity index (χ1n) is 41.1. The molecule has 21 rings (SSSR count). The lowest BCUT2D eigenvalue weighted by Crippen LogP contribution is -2.57. The Hall–Kier alpha value is -8.06. The van der Waals surface area contributed by atoms with Gasteiger partial charge in [0.05, 0.1) is 63.7 Å². The lowest BCUT2D eigenvalue weighted by atomic mass is 9.48. The fourth-order valence-corrected chi connectivity index (χ4v) is 27.5. The van der Waals surface area contributed by atoms with E-state index in [1.54, 1.807) is 0 Å². The highest BCUT2D eigenvalue weighted by molar-refractivity contribution is 7.97. The molecule has 0 aliphatic heterocycles. The second-order valence-electron chi connectivity index (χ2n) is 35.4. The first kappa shape index (κ1) is 85.8. The molecule has 17 heteroatoms. The van der Waals surface area contributed by atoms with Crippen molar-refractivity contribution in [3.05, 3.63) is 271 Å². The van der Waals surface area contributed by atoms with Crippen molar-refractivity contribution in [2.45, 2.75) is 230 Å². The Morgan fingerprint density at radius 1 is 0.293 bits per heavy atom. The number of halogens is 6. The number of benzene rings is 9. The maximum Gasteiger partial charge on any atom is 0.376 e. The van der Waals surface area contributed by atoms with Crippen LogP contribution < -0.4 is 0 Å². The van der Waals surface area contributed by atoms with E-state index in [9.17, 15) is 50.9 Å². The van der Waals surface area contributed by atoms with E-state index in [1.165, 1.54) is 80.0 Å². The SMILES string of the molecule is CC(F)(F)C(=O)OCC12CC3CC(CC(C3)C1)C2.CC(F)(F)C(=O)OCC12CC3CC(CC(O)(C3)C1)C2.CC(F)(F)C(=O)OCC12CC3CC(CC(O)(C3)C1)C2.Cc1ccc([S+](c2ccc(C)cc2)c2ccc(C)cc2)cc1.c1ccc([S+](c2ccccc2)c2ccccc2)cc1.c1ccc([S+](c2ccccc2)c2ccccc2)cc1. The molecule has 12 fully saturated rings. The molecule has 0 amide bonds. The Kier molecular flexibility index (Phi) is 27.1. The van der Waals surface area contributed by atoms with E-state index < -0.39 is 46.9 Å². The van der Waals surface area contributed by atoms with Gasteiger partial charge in [-0.15, -0.1) is 0 Å². The highest BCUT2D eigenvalue weighted by Crippen LogP contribution is 2.64. The van der Waals surface area contributed by atoms with Crippen LogP contribution in [-0.2, 0) is 61.3 Å². The summed E-state index contributed by atoms with van der Waals surface area (Å²) in [5, 5.41) is 21.0. The Morgan fingerprint density at radius 3 is 0.672 bits per heavy atom. The number of aryl methyl sites for hydroxylation is 3. The number of esters is 3. The fourth-order valence-electron chi connectivity index (χ4n) is 21.2. The minimum Gasteiger partial charge on any atom is -0.461 e. The monoisotopic (exact) mass is 1640 g/mol. The molecule has 12 aliphatic rings. The molecule has 12 bridgehead atoms. The van der Waals surface area contributed by atoms with Crippen LogP contribution in [0.15, 0.2) is 299 Å². The van der Waals surface area contributed by atoms with Gasteiger partial charge in [-0.25, -0.2) is 14.4 Å². The molecule has 0 heterocycles. The summed E-state index contributed by atoms with van der Waals surface area (Å²) in [5.74, 6) is -10.4. The topological polar surface area (TPSA) is 119 Å². The predicted octanol–water partition coefficient (Wildman–Crippen LogP) is 23.7. The molecular formula is C99H111F6O8S3+3. The number of rotatable bonds is 18. The summed E-state index contributed by atoms with van der Waals surface area (Å²) in [4.78, 5) is 45.9. The highest BCUT2D eigenvalue weighted by Gasteiger charge is 2.60. The molecular weight excluding hydrogens is 1530 g/mol. The molecule has 612 valence electrons. The van der Waals surface area contributed by atoms with Gasteiger partial charge in [-0.1, -0.05) is 162 Å². The molecule has 4 atom stereocenters. The smallest absolute Gasteiger partial charge is 0.376 e. The van der Waals surface area contributed by atoms with Gasteiger partial charge in [-0.05, 0) is 287 Å². The third-order valence-electron chi connectivity index (χ3n) is 24.7. The van der Waals surface area contributed by atoms with Gasteiger partial charge in [-0.2, -0.15) is 26.3 Å². The Labute approximate surface area is 690 Å². The van der Waals surface area contributed by atoms with E-state index in [2.05, 4.69) is 276 Å². The van der Waals surface area contributed by atoms with Crippen LogP contribution >= 0.6 is 0 Å². The summed E-state index contributed by atoms with van der Waals surface area (Å²) in [7, 11) is -0.0687. The van der Waals surface area contributed by atoms with Crippen molar-refractivity contribution >= 4 is 50.6 Å². The minimum atomic E-state index is -3.43. The second-order valence-corrected chi connectivity index (χ2v) is 41.5. The normalized spacial score (nSPS) is 26.6. The predicted molar refractivity (Wildman–Crippen MR) is 448 cm³/mol. The lowest BCUT2D eigenvalue weighted by Gasteiger charge is -2.59. The van der Waals surface area contributed by atoms with Crippen molar-refractivity contribution in [3.8, 4) is 0 Å². The summed E-state index contributed by atoms with van der Waals surface area (Å²) < 4.78 is 91.5. The van der Waals surface area contributed by atoms with Crippen molar-refractivity contribution in [1.82, 2.24) is 0 Å². The summed E-state index contributed by atoms with van der Waals surface area (Å²) in [6.07, 6.45) is 17.4. The second kappa shape index (κ2) is 36.7. The van der Waals surface area contributed by atoms with E-state index in [0.29, 0.717) is 57.3 Å². The van der Waals surface area contributed by atoms with Gasteiger partial charge in [0.2, 0.25) is 0 Å². The lowest BCUT2D eigenvalue weighted by molar-refractivity contribution is -0.197. The first-order valence-corrected chi connectivity index (χ1v) is 44.8. The third-order valence-corrected chi connectivity index (χ3v) is 31.4. The number of aliphatic hydroxyl groups is 2. The Balaban J connectivity index is 0.000000121. The molecule has 2 N–H and O–H groups in total. The molecule has 116 heavy (non-hydrogen) atoms. The fraction of sp³-hybridized carbons (Fsp3) is 0.424. The number of carbonyl (C=O) groups is 3. The van der Waals surface area contributed by atoms with Crippen LogP contribution in [0.4, 0.5) is 26.3 Å². The molecule has 0 saturated heterocycles. The molecule has 0 spiro atoms. The number of hydrogen-bond acceptors (Lipinski definition) is 8. The van der Waals surface area contributed by atoms with E-state index in [-0.39, 0.29) is 68.8 Å². The van der Waals surface area contributed by atoms with Gasteiger partial charge in [-0.3, -0.25) is 0 Å². The number of hydrogen-bond donors (Lipinski definition) is 2. The third kappa shape index (κ3) is 22.3. The molecule has 12 saturated carbocycles. The van der Waals surface area contributed by atoms with Crippen molar-refractivity contribution in [1.29, 1.82) is 0 Å². The zero-order valence-electron chi connectivity index (χ0n) is 67.5. The standard InChI is InChI=1S/C21H21S.2C18H15S.2C14H20F2O3.C14H20F2O2/c1-16-4-10-19(11-5-16)22(20-12-6-17(2)7-13-20)21-14-8-18(3)9-15-21;2*1-4-10-16(11-5-1)19(17-12-6-2-7-13-17)18-14-8-3-9-15-18;2*1-12(15,16)11(17)19-8-13-3-9-2-10(4-13)6-14(18,5-9)7-13;1-13(15,16)12(17)18-8-14-5-9-2-10(6-14)4-11(3-9)7-14/h4-15H,1-3H3;2*1-15H;2*9-10,18H,2-8H2,1H3;9-11H,2-8H2,1H3/q3*+1;;;. The van der Waals surface area contributed by atoms with Crippen molar-refractivity contribution in [3.63, 3.8) is 0 Å². The van der Waals surface area contributed by atoms with Gasteiger partial charge >= 0.3 is 35.7 Å². The molecule has 9 aromatic carbocycles. The molecule has 0 aromatic heterocycles. The van der Waals surface area contributed by atoms with Crippen LogP contribution in [-0.4, -0.2) is 76.9 Å². The summed E-state index contributed by atoms with van der Waals surface area (Å²) in [6, 6.07) is 91.1. The number of alkyl halides is 6. The Bertz CT molecular complexity index is 4110. The minimum absolute atomic E-state index is 0.0146. The van der Waals surface area contributed by atoms with E-state index in [4.69, 9.17) is 14.2 Å². The number of ether oxygens (including phenoxy) is 3. The number of carbonyl (C=O) groups excluding carboxylic acids is 3. The van der Waals surface area contributed by atoms with E-state index in [1.807, 2.05) is 0 Å². The first-order chi connectivity index (χ1) is 55.3. The van der Waals surface area contributed by atoms with Crippen LogP contribution in [0.3, 0.4) is 0 Å². The molecule has 9 aromatic rings. The van der Waals surface area contributed by atoms with Crippen molar-refractivity contribution in [2.24, 2.45) is 57.7 Å². The van der Waals surface area contributed by atoms with Gasteiger partial charge in [0.25, 0.3) is 0 Å². The van der Waals surface area contributed by atoms with Gasteiger partial charge in [0, 0.05) is 37.0 Å². The Morgan fingerprint density at radius 2 is 0.474 bits per heavy atom. The summed E-state index contributed by atoms with van der Waals surface area (Å²) in [6.45, 7) is 8.41. The quantitative estimate of drug-likeness (QED) is 0.0377. The average Bonchev–Trinajstić information content (AvgIpc) is 0.733. The average molecular weight is 1640 g/mol. The highest BCUT2D eigenvalue weighted by atomic mass is 32.2. The maximum absolute atomic E-state index is 12.8. The van der Waals surface area contributed by atoms with Crippen LogP contribution in [0, 0.1) is 78.4 Å². The zero-order chi connectivity index (χ0) is 82.1. The summed E-state index contributed by atoms with van der Waals surface area (Å²) >= 11 is 0. The largest absolute Gasteiger partial charge is 0.461 e. The van der Waals surface area contributed by atoms with Crippen LogP contribution in [0.2, 0.25) is 0 Å². The van der Waals surface area contributed by atoms with Crippen LogP contribution in [0.1, 0.15) is 153 Å². The molecule has 0 radical (unpaired) electrons. The van der Waals surface area contributed by atoms with E-state index >= 15 is 0 Å². The zero-order valence-corrected chi connectivity index (χ0v) is 69.9. The van der Waals surface area contributed by atoms with Gasteiger partial charge in [0.1, 0.15) is 0 Å². The molecule has 4 unspecified atom stereocenters. The van der Waals surface area contributed by atoms with Gasteiger partial charge in [0.15, 0.2) is 44.1 Å². The van der Waals surface area contributed by atoms with Crippen LogP contribution in [0.5, 0.6) is 0 Å². The van der Waals surface area contributed by atoms with Crippen molar-refractivity contribution in [2.75, 3.05) is 19.8 Å². The van der Waals surface area contributed by atoms with Crippen molar-refractivity contribution < 1.29 is 65.1 Å². The maximum atomic E-state index is 12.8. The summed E-state index contributed by atoms with van der Waals surface area (Å²) in [5.41, 5.74) is 2.12. The molecule has 8 nitrogen and oxygen atoms in total.